The summed E-state index contributed by atoms with van der Waals surface area (Å²) in [6, 6.07) is 3.08. The molecule has 6 heteroatoms. The molecule has 1 fully saturated rings. The molecule has 0 saturated carbocycles. The van der Waals surface area contributed by atoms with Crippen molar-refractivity contribution in [2.24, 2.45) is 0 Å². The number of nitrogens with zero attached hydrogens (tertiary/aromatic N) is 2. The van der Waals surface area contributed by atoms with Crippen LogP contribution in [-0.4, -0.2) is 48.9 Å². The summed E-state index contributed by atoms with van der Waals surface area (Å²) in [6.45, 7) is 3.08. The van der Waals surface area contributed by atoms with Gasteiger partial charge in [-0.15, -0.1) is 0 Å². The standard InChI is InChI=1S/C12H13Cl3N2O/c1-16-2-4-17(5-3-16)12(18)11-9(14)6-8(13)7-10(11)15/h6-7H,2-5H2,1H3. The smallest absolute Gasteiger partial charge is 0.256 e. The minimum atomic E-state index is -0.130. The van der Waals surface area contributed by atoms with E-state index in [-0.39, 0.29) is 5.91 Å². The minimum absolute atomic E-state index is 0.130. The first-order valence-electron chi connectivity index (χ1n) is 5.61. The fourth-order valence-corrected chi connectivity index (χ4v) is 2.89. The number of likely N-dealkylation sites (N-methyl/N-ethyl adjacent to an activating group) is 1. The summed E-state index contributed by atoms with van der Waals surface area (Å²) in [5, 5.41) is 1.03. The zero-order valence-corrected chi connectivity index (χ0v) is 12.2. The Morgan fingerprint density at radius 3 is 2.06 bits per heavy atom. The first kappa shape index (κ1) is 13.9. The molecule has 0 aromatic heterocycles. The van der Waals surface area contributed by atoms with E-state index in [1.807, 2.05) is 7.05 Å². The Kier molecular flexibility index (Phi) is 4.38. The third-order valence-corrected chi connectivity index (χ3v) is 3.83. The van der Waals surface area contributed by atoms with Crippen LogP contribution in [-0.2, 0) is 0 Å². The predicted molar refractivity (Wildman–Crippen MR) is 74.9 cm³/mol. The number of benzene rings is 1. The average Bonchev–Trinajstić information content (AvgIpc) is 2.28. The number of hydrogen-bond acceptors (Lipinski definition) is 2. The van der Waals surface area contributed by atoms with Crippen molar-refractivity contribution in [3.63, 3.8) is 0 Å². The van der Waals surface area contributed by atoms with Crippen molar-refractivity contribution >= 4 is 40.7 Å². The molecule has 3 nitrogen and oxygen atoms in total. The van der Waals surface area contributed by atoms with E-state index in [1.54, 1.807) is 4.90 Å². The van der Waals surface area contributed by atoms with Crippen molar-refractivity contribution in [2.45, 2.75) is 0 Å². The molecule has 1 aliphatic heterocycles. The monoisotopic (exact) mass is 306 g/mol. The van der Waals surface area contributed by atoms with Crippen LogP contribution in [0, 0.1) is 0 Å². The molecule has 2 rings (SSSR count). The quantitative estimate of drug-likeness (QED) is 0.796. The SMILES string of the molecule is CN1CCN(C(=O)c2c(Cl)cc(Cl)cc2Cl)CC1. The maximum atomic E-state index is 12.4. The molecule has 18 heavy (non-hydrogen) atoms. The molecule has 0 radical (unpaired) electrons. The Labute approximate surface area is 121 Å². The van der Waals surface area contributed by atoms with Gasteiger partial charge in [0, 0.05) is 31.2 Å². The second-order valence-electron chi connectivity index (χ2n) is 4.34. The van der Waals surface area contributed by atoms with Crippen LogP contribution in [0.25, 0.3) is 0 Å². The molecule has 0 aliphatic carbocycles. The molecule has 0 spiro atoms. The van der Waals surface area contributed by atoms with E-state index in [2.05, 4.69) is 4.90 Å². The molecule has 1 aromatic carbocycles. The highest BCUT2D eigenvalue weighted by Gasteiger charge is 2.24. The first-order valence-corrected chi connectivity index (χ1v) is 6.75. The predicted octanol–water partition coefficient (Wildman–Crippen LogP) is 3.03. The normalized spacial score (nSPS) is 17.0. The largest absolute Gasteiger partial charge is 0.336 e. The van der Waals surface area contributed by atoms with Gasteiger partial charge in [-0.2, -0.15) is 0 Å². The highest BCUT2D eigenvalue weighted by Crippen LogP contribution is 2.30. The number of amides is 1. The lowest BCUT2D eigenvalue weighted by atomic mass is 10.1. The Morgan fingerprint density at radius 1 is 1.06 bits per heavy atom. The third kappa shape index (κ3) is 2.91. The number of carbonyl (C=O) groups is 1. The van der Waals surface area contributed by atoms with Gasteiger partial charge in [-0.3, -0.25) is 4.79 Å². The third-order valence-electron chi connectivity index (χ3n) is 3.01. The van der Waals surface area contributed by atoms with E-state index < -0.39 is 0 Å². The van der Waals surface area contributed by atoms with E-state index in [1.165, 1.54) is 12.1 Å². The van der Waals surface area contributed by atoms with Crippen LogP contribution in [0.4, 0.5) is 0 Å². The molecule has 1 aliphatic rings. The molecule has 1 aromatic rings. The van der Waals surface area contributed by atoms with Crippen LogP contribution in [0.5, 0.6) is 0 Å². The topological polar surface area (TPSA) is 23.6 Å². The van der Waals surface area contributed by atoms with Crippen LogP contribution in [0.2, 0.25) is 15.1 Å². The fraction of sp³-hybridized carbons (Fsp3) is 0.417. The zero-order chi connectivity index (χ0) is 13.3. The van der Waals surface area contributed by atoms with E-state index in [0.717, 1.165) is 13.1 Å². The molecule has 0 atom stereocenters. The lowest BCUT2D eigenvalue weighted by molar-refractivity contribution is 0.0664. The Morgan fingerprint density at radius 2 is 1.56 bits per heavy atom. The minimum Gasteiger partial charge on any atom is -0.336 e. The number of carbonyl (C=O) groups excluding carboxylic acids is 1. The summed E-state index contributed by atoms with van der Waals surface area (Å²) < 4.78 is 0. The van der Waals surface area contributed by atoms with E-state index in [0.29, 0.717) is 33.7 Å². The summed E-state index contributed by atoms with van der Waals surface area (Å²) in [5.41, 5.74) is 0.340. The lowest BCUT2D eigenvalue weighted by Crippen LogP contribution is -2.47. The summed E-state index contributed by atoms with van der Waals surface area (Å²) >= 11 is 17.9. The van der Waals surface area contributed by atoms with Crippen molar-refractivity contribution in [1.29, 1.82) is 0 Å². The lowest BCUT2D eigenvalue weighted by Gasteiger charge is -2.32. The molecule has 98 valence electrons. The summed E-state index contributed by atoms with van der Waals surface area (Å²) in [6.07, 6.45) is 0. The summed E-state index contributed by atoms with van der Waals surface area (Å²) in [4.78, 5) is 16.3. The van der Waals surface area contributed by atoms with E-state index in [9.17, 15) is 4.79 Å². The van der Waals surface area contributed by atoms with Crippen molar-refractivity contribution in [1.82, 2.24) is 9.80 Å². The van der Waals surface area contributed by atoms with Crippen LogP contribution in [0.3, 0.4) is 0 Å². The van der Waals surface area contributed by atoms with E-state index >= 15 is 0 Å². The van der Waals surface area contributed by atoms with Crippen molar-refractivity contribution in [2.75, 3.05) is 33.2 Å². The number of hydrogen-bond donors (Lipinski definition) is 0. The molecular weight excluding hydrogens is 295 g/mol. The second-order valence-corrected chi connectivity index (χ2v) is 5.59. The van der Waals surface area contributed by atoms with Crippen LogP contribution in [0.1, 0.15) is 10.4 Å². The van der Waals surface area contributed by atoms with Gasteiger partial charge in [0.2, 0.25) is 0 Å². The van der Waals surface area contributed by atoms with Crippen molar-refractivity contribution in [3.8, 4) is 0 Å². The number of piperazine rings is 1. The van der Waals surface area contributed by atoms with Gasteiger partial charge in [0.25, 0.3) is 5.91 Å². The molecule has 0 unspecified atom stereocenters. The van der Waals surface area contributed by atoms with Gasteiger partial charge < -0.3 is 9.80 Å². The fourth-order valence-electron chi connectivity index (χ4n) is 1.91. The first-order chi connectivity index (χ1) is 8.49. The number of rotatable bonds is 1. The average molecular weight is 308 g/mol. The van der Waals surface area contributed by atoms with E-state index in [4.69, 9.17) is 34.8 Å². The highest BCUT2D eigenvalue weighted by molar-refractivity contribution is 6.42. The molecule has 0 bridgehead atoms. The molecule has 1 amide bonds. The van der Waals surface area contributed by atoms with Gasteiger partial charge in [-0.1, -0.05) is 34.8 Å². The highest BCUT2D eigenvalue weighted by atomic mass is 35.5. The van der Waals surface area contributed by atoms with Gasteiger partial charge in [0.15, 0.2) is 0 Å². The number of halogens is 3. The van der Waals surface area contributed by atoms with Gasteiger partial charge in [-0.25, -0.2) is 0 Å². The molecule has 0 N–H and O–H groups in total. The van der Waals surface area contributed by atoms with Crippen LogP contribution >= 0.6 is 34.8 Å². The van der Waals surface area contributed by atoms with Gasteiger partial charge in [0.05, 0.1) is 15.6 Å². The second kappa shape index (κ2) is 5.66. The van der Waals surface area contributed by atoms with Gasteiger partial charge >= 0.3 is 0 Å². The van der Waals surface area contributed by atoms with Crippen LogP contribution in [0.15, 0.2) is 12.1 Å². The summed E-state index contributed by atoms with van der Waals surface area (Å²) in [7, 11) is 2.03. The van der Waals surface area contributed by atoms with Crippen molar-refractivity contribution < 1.29 is 4.79 Å². The Hall–Kier alpha value is -0.480. The van der Waals surface area contributed by atoms with Crippen LogP contribution < -0.4 is 0 Å². The van der Waals surface area contributed by atoms with Gasteiger partial charge in [0.1, 0.15) is 0 Å². The summed E-state index contributed by atoms with van der Waals surface area (Å²) in [5.74, 6) is -0.130. The molecule has 1 heterocycles. The Bertz CT molecular complexity index is 447. The molecule has 1 saturated heterocycles. The maximum absolute atomic E-state index is 12.4. The Balaban J connectivity index is 2.24. The maximum Gasteiger partial charge on any atom is 0.256 e. The van der Waals surface area contributed by atoms with Crippen molar-refractivity contribution in [3.05, 3.63) is 32.8 Å². The molecular formula is C12H13Cl3N2O. The zero-order valence-electron chi connectivity index (χ0n) is 9.92. The van der Waals surface area contributed by atoms with Gasteiger partial charge in [-0.05, 0) is 19.2 Å².